The molecule has 0 unspecified atom stereocenters. The number of halogens is 7. The molecule has 0 saturated carbocycles. The van der Waals surface area contributed by atoms with Crippen molar-refractivity contribution < 1.29 is 68.5 Å². The molecule has 0 saturated heterocycles. The van der Waals surface area contributed by atoms with Gasteiger partial charge in [0.25, 0.3) is 0 Å². The summed E-state index contributed by atoms with van der Waals surface area (Å²) < 4.78 is 59.9. The summed E-state index contributed by atoms with van der Waals surface area (Å²) in [6.45, 7) is 2.14. The van der Waals surface area contributed by atoms with E-state index in [2.05, 4.69) is 31.2 Å². The molecular formula is C15H16Cl2F5NPTi. The first-order valence-electron chi connectivity index (χ1n) is 6.51. The molecule has 10 heteroatoms. The molecule has 1 radical (unpaired) electrons. The number of hydrogen-bond donors (Lipinski definition) is 1. The number of benzene rings is 1. The van der Waals surface area contributed by atoms with Crippen LogP contribution < -0.4 is 24.8 Å². The van der Waals surface area contributed by atoms with Crippen LogP contribution in [0.4, 0.5) is 22.0 Å². The van der Waals surface area contributed by atoms with Crippen molar-refractivity contribution in [1.29, 1.82) is 5.16 Å². The smallest absolute Gasteiger partial charge is 1.00 e. The van der Waals surface area contributed by atoms with Crippen LogP contribution in [-0.2, 0) is 21.7 Å². The van der Waals surface area contributed by atoms with E-state index in [-0.39, 0.29) is 46.5 Å². The Balaban J connectivity index is -0.000000136. The average Bonchev–Trinajstić information content (AvgIpc) is 3.09. The van der Waals surface area contributed by atoms with Gasteiger partial charge in [0.15, 0.2) is 0 Å². The van der Waals surface area contributed by atoms with Gasteiger partial charge in [0.2, 0.25) is 0 Å². The van der Waals surface area contributed by atoms with Crippen LogP contribution in [0.1, 0.15) is 26.2 Å². The summed E-state index contributed by atoms with van der Waals surface area (Å²) in [6, 6.07) is 1.02. The van der Waals surface area contributed by atoms with Crippen molar-refractivity contribution in [2.75, 3.05) is 6.16 Å². The third-order valence-corrected chi connectivity index (χ3v) is 2.81. The summed E-state index contributed by atoms with van der Waals surface area (Å²) in [5.41, 5.74) is 0. The second kappa shape index (κ2) is 20.1. The SMILES string of the molecule is C1=CCC=C1.CCCCP=N.Fc1[c-]c(F)c(F)c(F)c1F.[Cl-].[Cl-].[Ti+3]. The van der Waals surface area contributed by atoms with E-state index in [4.69, 9.17) is 5.16 Å². The summed E-state index contributed by atoms with van der Waals surface area (Å²) in [7, 11) is 0.795. The van der Waals surface area contributed by atoms with Crippen LogP contribution in [0.5, 0.6) is 0 Å². The van der Waals surface area contributed by atoms with Gasteiger partial charge in [0.1, 0.15) is 0 Å². The molecule has 0 bridgehead atoms. The minimum Gasteiger partial charge on any atom is -1.00 e. The molecule has 0 fully saturated rings. The van der Waals surface area contributed by atoms with Crippen molar-refractivity contribution in [1.82, 2.24) is 0 Å². The van der Waals surface area contributed by atoms with Gasteiger partial charge in [0, 0.05) is 6.16 Å². The molecule has 1 nitrogen and oxygen atoms in total. The largest absolute Gasteiger partial charge is 3.00 e. The number of rotatable bonds is 3. The fourth-order valence-corrected chi connectivity index (χ4v) is 1.60. The predicted octanol–water partition coefficient (Wildman–Crippen LogP) is 0.185. The van der Waals surface area contributed by atoms with E-state index < -0.39 is 29.1 Å². The zero-order valence-corrected chi connectivity index (χ0v) is 17.2. The second-order valence-corrected chi connectivity index (χ2v) is 4.79. The number of unbranched alkanes of at least 4 members (excludes halogenated alkanes) is 1. The van der Waals surface area contributed by atoms with Crippen LogP contribution >= 0.6 is 8.37 Å². The van der Waals surface area contributed by atoms with E-state index in [1.54, 1.807) is 0 Å². The fraction of sp³-hybridized carbons (Fsp3) is 0.333. The third-order valence-electron chi connectivity index (χ3n) is 2.27. The van der Waals surface area contributed by atoms with Crippen molar-refractivity contribution in [3.05, 3.63) is 59.5 Å². The van der Waals surface area contributed by atoms with Gasteiger partial charge in [-0.25, -0.2) is 13.2 Å². The maximum atomic E-state index is 12.0. The van der Waals surface area contributed by atoms with Crippen LogP contribution in [-0.4, -0.2) is 6.16 Å². The average molecular weight is 455 g/mol. The number of nitrogens with one attached hydrogen (secondary N) is 1. The van der Waals surface area contributed by atoms with Crippen molar-refractivity contribution in [3.63, 3.8) is 0 Å². The molecule has 25 heavy (non-hydrogen) atoms. The summed E-state index contributed by atoms with van der Waals surface area (Å²) in [5.74, 6) is -10.0. The Bertz CT molecular complexity index is 509. The quantitative estimate of drug-likeness (QED) is 0.128. The van der Waals surface area contributed by atoms with Crippen molar-refractivity contribution in [3.8, 4) is 0 Å². The van der Waals surface area contributed by atoms with Gasteiger partial charge < -0.3 is 24.8 Å². The molecule has 139 valence electrons. The van der Waals surface area contributed by atoms with Gasteiger partial charge in [-0.05, 0) is 21.2 Å². The number of hydrogen-bond acceptors (Lipinski definition) is 1. The number of allylic oxidation sites excluding steroid dienone is 4. The summed E-state index contributed by atoms with van der Waals surface area (Å²) in [6.07, 6.45) is 13.0. The summed E-state index contributed by atoms with van der Waals surface area (Å²) in [4.78, 5) is 0. The molecule has 0 amide bonds. The van der Waals surface area contributed by atoms with Gasteiger partial charge in [-0.1, -0.05) is 37.6 Å². The van der Waals surface area contributed by atoms with Gasteiger partial charge in [-0.2, -0.15) is 0 Å². The molecule has 0 aromatic heterocycles. The molecule has 0 spiro atoms. The zero-order valence-electron chi connectivity index (χ0n) is 13.2. The fourth-order valence-electron chi connectivity index (χ4n) is 1.13. The first-order chi connectivity index (χ1) is 10.5. The van der Waals surface area contributed by atoms with E-state index in [9.17, 15) is 22.0 Å². The Hall–Kier alpha value is -0.256. The third kappa shape index (κ3) is 14.6. The Morgan fingerprint density at radius 3 is 1.64 bits per heavy atom. The van der Waals surface area contributed by atoms with Gasteiger partial charge in [-0.15, -0.1) is 6.07 Å². The van der Waals surface area contributed by atoms with E-state index >= 15 is 0 Å². The van der Waals surface area contributed by atoms with Crippen LogP contribution in [0.3, 0.4) is 0 Å². The van der Waals surface area contributed by atoms with E-state index in [0.717, 1.165) is 27.0 Å². The predicted molar refractivity (Wildman–Crippen MR) is 77.4 cm³/mol. The standard InChI is InChI=1S/C6F5.C5H6.C4H10NP.2ClH.Ti/c7-2-1-3(8)5(10)6(11)4(2)9;1-2-4-5-3-1;1-2-3-4-6-5;;;/h;1-4H,5H2;5H,2-4H2,1H3;2*1H;/q-1;;;;;+3/p-2. The summed E-state index contributed by atoms with van der Waals surface area (Å²) >= 11 is 0. The van der Waals surface area contributed by atoms with Crippen molar-refractivity contribution in [2.24, 2.45) is 0 Å². The molecule has 0 atom stereocenters. The Morgan fingerprint density at radius 2 is 1.40 bits per heavy atom. The van der Waals surface area contributed by atoms with Crippen LogP contribution in [0.15, 0.2) is 24.3 Å². The second-order valence-electron chi connectivity index (χ2n) is 4.02. The molecule has 1 aromatic carbocycles. The topological polar surface area (TPSA) is 23.9 Å². The van der Waals surface area contributed by atoms with Crippen LogP contribution in [0.2, 0.25) is 0 Å². The first kappa shape index (κ1) is 32.4. The molecular weight excluding hydrogens is 439 g/mol. The molecule has 2 rings (SSSR count). The molecule has 1 aromatic rings. The molecule has 1 aliphatic rings. The zero-order chi connectivity index (χ0) is 17.0. The van der Waals surface area contributed by atoms with E-state index in [1.807, 2.05) is 0 Å². The maximum absolute atomic E-state index is 12.0. The van der Waals surface area contributed by atoms with Crippen LogP contribution in [0, 0.1) is 40.3 Å². The molecule has 1 N–H and O–H groups in total. The molecule has 0 aliphatic heterocycles. The van der Waals surface area contributed by atoms with Gasteiger partial charge in [0.05, 0.1) is 29.1 Å². The van der Waals surface area contributed by atoms with Crippen molar-refractivity contribution in [2.45, 2.75) is 26.2 Å². The van der Waals surface area contributed by atoms with E-state index in [1.165, 1.54) is 12.8 Å². The Labute approximate surface area is 173 Å². The minimum atomic E-state index is -2.17. The first-order valence-corrected chi connectivity index (χ1v) is 7.59. The Morgan fingerprint density at radius 1 is 0.960 bits per heavy atom. The molecule has 1 aliphatic carbocycles. The van der Waals surface area contributed by atoms with Gasteiger partial charge >= 0.3 is 21.7 Å². The molecule has 0 heterocycles. The van der Waals surface area contributed by atoms with Crippen molar-refractivity contribution >= 4 is 8.37 Å². The van der Waals surface area contributed by atoms with E-state index in [0.29, 0.717) is 0 Å². The summed E-state index contributed by atoms with van der Waals surface area (Å²) in [5, 5.41) is 6.68. The minimum absolute atomic E-state index is 0. The van der Waals surface area contributed by atoms with Gasteiger partial charge in [-0.3, -0.25) is 13.9 Å². The monoisotopic (exact) mass is 454 g/mol. The normalized spacial score (nSPS) is 10.3. The van der Waals surface area contributed by atoms with Crippen LogP contribution in [0.25, 0.3) is 0 Å². The maximum Gasteiger partial charge on any atom is 3.00 e. The Kier molecular flexibility index (Phi) is 26.0.